The summed E-state index contributed by atoms with van der Waals surface area (Å²) in [5.74, 6) is -2.05. The van der Waals surface area contributed by atoms with E-state index in [-0.39, 0.29) is 17.3 Å². The molecule has 2 N–H and O–H groups in total. The van der Waals surface area contributed by atoms with E-state index < -0.39 is 29.4 Å². The first-order valence-electron chi connectivity index (χ1n) is 8.17. The van der Waals surface area contributed by atoms with Crippen molar-refractivity contribution >= 4 is 11.9 Å². The van der Waals surface area contributed by atoms with E-state index in [4.69, 9.17) is 10.5 Å². The predicted molar refractivity (Wildman–Crippen MR) is 93.9 cm³/mol. The summed E-state index contributed by atoms with van der Waals surface area (Å²) >= 11 is 0. The molecule has 0 aliphatic carbocycles. The lowest BCUT2D eigenvalue weighted by Gasteiger charge is -2.27. The van der Waals surface area contributed by atoms with Gasteiger partial charge in [-0.05, 0) is 47.9 Å². The van der Waals surface area contributed by atoms with E-state index in [1.165, 1.54) is 26.1 Å². The van der Waals surface area contributed by atoms with E-state index in [9.17, 15) is 18.0 Å². The Balaban J connectivity index is 2.24. The molecule has 27 heavy (non-hydrogen) atoms. The molecule has 0 radical (unpaired) electrons. The van der Waals surface area contributed by atoms with Crippen molar-refractivity contribution in [2.24, 2.45) is 10.7 Å². The van der Waals surface area contributed by atoms with E-state index in [0.717, 1.165) is 17.0 Å². The zero-order valence-corrected chi connectivity index (χ0v) is 15.0. The zero-order chi connectivity index (χ0) is 19.9. The Kier molecular flexibility index (Phi) is 4.59. The van der Waals surface area contributed by atoms with Gasteiger partial charge >= 0.3 is 0 Å². The molecule has 2 aromatic rings. The van der Waals surface area contributed by atoms with Crippen LogP contribution in [0.2, 0.25) is 0 Å². The number of carbonyl (C=O) groups excluding carboxylic acids is 1. The van der Waals surface area contributed by atoms with Crippen LogP contribution in [0.15, 0.2) is 41.4 Å². The Bertz CT molecular complexity index is 926. The molecule has 0 saturated carbocycles. The maximum absolute atomic E-state index is 13.9. The molecule has 5 nitrogen and oxygen atoms in total. The highest BCUT2D eigenvalue weighted by atomic mass is 19.1. The van der Waals surface area contributed by atoms with Gasteiger partial charge in [-0.3, -0.25) is 9.69 Å². The van der Waals surface area contributed by atoms with Crippen LogP contribution in [-0.4, -0.2) is 30.2 Å². The Morgan fingerprint density at radius 3 is 2.26 bits per heavy atom. The van der Waals surface area contributed by atoms with Crippen molar-refractivity contribution in [2.75, 3.05) is 7.05 Å². The lowest BCUT2D eigenvalue weighted by atomic mass is 9.82. The molecule has 0 saturated heterocycles. The quantitative estimate of drug-likeness (QED) is 0.891. The molecule has 0 aromatic heterocycles. The lowest BCUT2D eigenvalue weighted by molar-refractivity contribution is -0.129. The monoisotopic (exact) mass is 377 g/mol. The highest BCUT2D eigenvalue weighted by molar-refractivity contribution is 6.08. The number of halogens is 3. The molecule has 8 heteroatoms. The number of ether oxygens (including phenoxy) is 1. The van der Waals surface area contributed by atoms with Crippen molar-refractivity contribution in [2.45, 2.75) is 25.7 Å². The van der Waals surface area contributed by atoms with Crippen LogP contribution in [0, 0.1) is 18.6 Å². The van der Waals surface area contributed by atoms with Crippen LogP contribution in [0.1, 0.15) is 23.6 Å². The number of hydrogen-bond donors (Lipinski definition) is 1. The number of benzene rings is 2. The Hall–Kier alpha value is -3.03. The normalized spacial score (nSPS) is 20.6. The summed E-state index contributed by atoms with van der Waals surface area (Å²) in [6.45, 7) is 2.90. The van der Waals surface area contributed by atoms with E-state index in [1.54, 1.807) is 13.0 Å². The van der Waals surface area contributed by atoms with Crippen molar-refractivity contribution in [3.63, 3.8) is 0 Å². The van der Waals surface area contributed by atoms with Crippen molar-refractivity contribution in [3.05, 3.63) is 64.7 Å². The van der Waals surface area contributed by atoms with Gasteiger partial charge in [-0.25, -0.2) is 18.2 Å². The molecule has 0 spiro atoms. The smallest absolute Gasteiger partial charge is 0.266 e. The Labute approximate surface area is 154 Å². The molecular formula is C19H18F3N3O2. The maximum atomic E-state index is 13.9. The highest BCUT2D eigenvalue weighted by Crippen LogP contribution is 2.41. The lowest BCUT2D eigenvalue weighted by Crippen LogP contribution is -2.41. The second-order valence-electron chi connectivity index (χ2n) is 6.34. The van der Waals surface area contributed by atoms with Gasteiger partial charge in [-0.1, -0.05) is 6.07 Å². The van der Waals surface area contributed by atoms with Gasteiger partial charge in [0, 0.05) is 20.0 Å². The average molecular weight is 377 g/mol. The van der Waals surface area contributed by atoms with Gasteiger partial charge in [-0.15, -0.1) is 0 Å². The summed E-state index contributed by atoms with van der Waals surface area (Å²) in [6.07, 6.45) is -1.52. The molecule has 2 unspecified atom stereocenters. The van der Waals surface area contributed by atoms with Crippen molar-refractivity contribution < 1.29 is 22.7 Å². The topological polar surface area (TPSA) is 67.9 Å². The molecule has 142 valence electrons. The third-order valence-electron chi connectivity index (χ3n) is 4.40. The molecule has 0 fully saturated rings. The van der Waals surface area contributed by atoms with Gasteiger partial charge < -0.3 is 10.5 Å². The second kappa shape index (κ2) is 6.61. The minimum Gasteiger partial charge on any atom is -0.460 e. The first kappa shape index (κ1) is 18.8. The van der Waals surface area contributed by atoms with E-state index in [0.29, 0.717) is 17.2 Å². The first-order valence-corrected chi connectivity index (χ1v) is 8.17. The SMILES string of the molecule is Cc1cc(C2(c3cc(F)cc(F)c3)N=C(N)N(C)C2=O)ccc1OC(C)F. The van der Waals surface area contributed by atoms with Crippen LogP contribution in [0.3, 0.4) is 0 Å². The number of nitrogens with two attached hydrogens (primary N) is 1. The number of alkyl halides is 1. The minimum atomic E-state index is -1.74. The average Bonchev–Trinajstić information content (AvgIpc) is 2.80. The minimum absolute atomic E-state index is 0.00391. The summed E-state index contributed by atoms with van der Waals surface area (Å²) < 4.78 is 46.0. The summed E-state index contributed by atoms with van der Waals surface area (Å²) in [5, 5.41) is 0. The number of likely N-dealkylation sites (N-methyl/N-ethyl adjacent to an activating group) is 1. The third kappa shape index (κ3) is 3.11. The highest BCUT2D eigenvalue weighted by Gasteiger charge is 2.50. The number of hydrogen-bond acceptors (Lipinski definition) is 4. The predicted octanol–water partition coefficient (Wildman–Crippen LogP) is 3.00. The molecule has 1 aliphatic heterocycles. The van der Waals surface area contributed by atoms with Crippen LogP contribution >= 0.6 is 0 Å². The maximum Gasteiger partial charge on any atom is 0.266 e. The summed E-state index contributed by atoms with van der Waals surface area (Å²) in [7, 11) is 1.42. The standard InChI is InChI=1S/C19H18F3N3O2/c1-10-6-12(4-5-16(10)27-11(2)20)19(17(26)25(3)18(23)24-19)13-7-14(21)9-15(22)8-13/h4-9,11H,1-3H3,(H2,23,24). The molecular weight excluding hydrogens is 359 g/mol. The molecule has 1 heterocycles. The summed E-state index contributed by atoms with van der Waals surface area (Å²) in [6, 6.07) is 7.34. The number of aryl methyl sites for hydroxylation is 1. The zero-order valence-electron chi connectivity index (χ0n) is 15.0. The molecule has 3 rings (SSSR count). The molecule has 1 aliphatic rings. The molecule has 2 atom stereocenters. The van der Waals surface area contributed by atoms with Crippen molar-refractivity contribution in [3.8, 4) is 5.75 Å². The van der Waals surface area contributed by atoms with E-state index in [2.05, 4.69) is 4.99 Å². The van der Waals surface area contributed by atoms with E-state index in [1.807, 2.05) is 0 Å². The van der Waals surface area contributed by atoms with Gasteiger partial charge in [0.25, 0.3) is 5.91 Å². The van der Waals surface area contributed by atoms with Gasteiger partial charge in [0.15, 0.2) is 11.5 Å². The fourth-order valence-corrected chi connectivity index (χ4v) is 3.13. The largest absolute Gasteiger partial charge is 0.460 e. The molecule has 1 amide bonds. The summed E-state index contributed by atoms with van der Waals surface area (Å²) in [5.41, 5.74) is 4.95. The summed E-state index contributed by atoms with van der Waals surface area (Å²) in [4.78, 5) is 18.4. The Morgan fingerprint density at radius 2 is 1.78 bits per heavy atom. The van der Waals surface area contributed by atoms with Gasteiger partial charge in [0.2, 0.25) is 6.36 Å². The van der Waals surface area contributed by atoms with Crippen molar-refractivity contribution in [1.82, 2.24) is 4.90 Å². The number of amides is 1. The fourth-order valence-electron chi connectivity index (χ4n) is 3.13. The molecule has 2 aromatic carbocycles. The van der Waals surface area contributed by atoms with Crippen molar-refractivity contribution in [1.29, 1.82) is 0 Å². The van der Waals surface area contributed by atoms with Crippen LogP contribution in [-0.2, 0) is 10.3 Å². The third-order valence-corrected chi connectivity index (χ3v) is 4.40. The second-order valence-corrected chi connectivity index (χ2v) is 6.34. The first-order chi connectivity index (χ1) is 12.6. The number of rotatable bonds is 4. The van der Waals surface area contributed by atoms with Crippen LogP contribution in [0.5, 0.6) is 5.75 Å². The number of guanidine groups is 1. The number of aliphatic imine (C=N–C) groups is 1. The van der Waals surface area contributed by atoms with Crippen LogP contribution < -0.4 is 10.5 Å². The van der Waals surface area contributed by atoms with Crippen LogP contribution in [0.25, 0.3) is 0 Å². The van der Waals surface area contributed by atoms with Gasteiger partial charge in [0.05, 0.1) is 0 Å². The Morgan fingerprint density at radius 1 is 1.15 bits per heavy atom. The fraction of sp³-hybridized carbons (Fsp3) is 0.263. The van der Waals surface area contributed by atoms with E-state index >= 15 is 0 Å². The number of carbonyl (C=O) groups is 1. The van der Waals surface area contributed by atoms with Gasteiger partial charge in [-0.2, -0.15) is 0 Å². The molecule has 0 bridgehead atoms. The van der Waals surface area contributed by atoms with Crippen LogP contribution in [0.4, 0.5) is 13.2 Å². The van der Waals surface area contributed by atoms with Gasteiger partial charge in [0.1, 0.15) is 17.4 Å². The number of nitrogens with zero attached hydrogens (tertiary/aromatic N) is 2.